The Bertz CT molecular complexity index is 918. The Labute approximate surface area is 197 Å². The first-order valence-corrected chi connectivity index (χ1v) is 11.9. The molecule has 33 heavy (non-hydrogen) atoms. The largest absolute Gasteiger partial charge is 0.494 e. The average Bonchev–Trinajstić information content (AvgIpc) is 2.82. The summed E-state index contributed by atoms with van der Waals surface area (Å²) < 4.78 is 5.40. The number of carbonyl (C=O) groups excluding carboxylic acids is 2. The summed E-state index contributed by atoms with van der Waals surface area (Å²) in [6.45, 7) is 5.05. The number of carbonyl (C=O) groups is 2. The van der Waals surface area contributed by atoms with Gasteiger partial charge in [-0.2, -0.15) is 0 Å². The monoisotopic (exact) mass is 451 g/mol. The Morgan fingerprint density at radius 2 is 1.70 bits per heavy atom. The molecule has 3 N–H and O–H groups in total. The molecule has 2 rings (SSSR count). The number of allylic oxidation sites excluding steroid dienone is 1. The lowest BCUT2D eigenvalue weighted by Gasteiger charge is -2.18. The minimum atomic E-state index is -0.808. The predicted octanol–water partition coefficient (Wildman–Crippen LogP) is 5.36. The molecule has 0 unspecified atom stereocenters. The van der Waals surface area contributed by atoms with Crippen molar-refractivity contribution in [1.29, 1.82) is 0 Å². The number of unbranched alkanes of at least 4 members (excludes halogenated alkanes) is 1. The van der Waals surface area contributed by atoms with Crippen LogP contribution in [0.15, 0.2) is 60.2 Å². The summed E-state index contributed by atoms with van der Waals surface area (Å²) in [6, 6.07) is 14.9. The maximum absolute atomic E-state index is 12.6. The molecule has 0 spiro atoms. The number of aliphatic hydroxyl groups excluding tert-OH is 1. The number of nitrogens with two attached hydrogens (primary N) is 1. The number of ketones is 2. The fraction of sp³-hybridized carbons (Fsp3) is 0.429. The van der Waals surface area contributed by atoms with Crippen LogP contribution in [0.5, 0.6) is 5.75 Å². The van der Waals surface area contributed by atoms with Gasteiger partial charge in [0, 0.05) is 18.4 Å². The normalized spacial score (nSPS) is 12.4. The standard InChI is InChI=1S/C28H37NO4/c1-3-9-23(28(32)26-12-7-5-10-21(26)18-19-29)20-24(30)11-6-8-13-27(31)22-14-16-25(17-15-22)33-4-2/h5,7,10,12,14-17,20,28,32H,3-4,6,8-9,11,13,18-19,29H2,1-2H3/b23-20-/t28-/m0/s1. The van der Waals surface area contributed by atoms with Crippen LogP contribution >= 0.6 is 0 Å². The number of hydrogen-bond acceptors (Lipinski definition) is 5. The van der Waals surface area contributed by atoms with Gasteiger partial charge >= 0.3 is 0 Å². The molecule has 2 aromatic carbocycles. The fourth-order valence-corrected chi connectivity index (χ4v) is 3.87. The van der Waals surface area contributed by atoms with Gasteiger partial charge in [0.1, 0.15) is 11.9 Å². The molecule has 0 aromatic heterocycles. The van der Waals surface area contributed by atoms with Gasteiger partial charge in [-0.15, -0.1) is 0 Å². The van der Waals surface area contributed by atoms with E-state index in [2.05, 4.69) is 0 Å². The van der Waals surface area contributed by atoms with Crippen molar-refractivity contribution in [3.05, 3.63) is 76.9 Å². The minimum Gasteiger partial charge on any atom is -0.494 e. The molecule has 178 valence electrons. The highest BCUT2D eigenvalue weighted by Gasteiger charge is 2.17. The Hall–Kier alpha value is -2.76. The van der Waals surface area contributed by atoms with Crippen molar-refractivity contribution >= 4 is 11.6 Å². The van der Waals surface area contributed by atoms with E-state index < -0.39 is 6.10 Å². The zero-order valence-electron chi connectivity index (χ0n) is 19.9. The molecule has 0 saturated carbocycles. The average molecular weight is 452 g/mol. The number of hydrogen-bond donors (Lipinski definition) is 2. The summed E-state index contributed by atoms with van der Waals surface area (Å²) in [4.78, 5) is 25.0. The number of Topliss-reactive ketones (excluding diaryl/α,β-unsaturated/α-hetero) is 1. The molecular weight excluding hydrogens is 414 g/mol. The Kier molecular flexibility index (Phi) is 11.6. The first-order chi connectivity index (χ1) is 16.0. The molecule has 5 heteroatoms. The SMILES string of the molecule is CCC/C(=C/C(=O)CCCCC(=O)c1ccc(OCC)cc1)[C@H](O)c1ccccc1CCN. The van der Waals surface area contributed by atoms with Gasteiger partial charge in [0.25, 0.3) is 0 Å². The van der Waals surface area contributed by atoms with Crippen molar-refractivity contribution in [2.45, 2.75) is 64.9 Å². The predicted molar refractivity (Wildman–Crippen MR) is 133 cm³/mol. The highest BCUT2D eigenvalue weighted by atomic mass is 16.5. The molecule has 5 nitrogen and oxygen atoms in total. The third-order valence-corrected chi connectivity index (χ3v) is 5.56. The lowest BCUT2D eigenvalue weighted by atomic mass is 9.92. The maximum atomic E-state index is 12.6. The zero-order chi connectivity index (χ0) is 24.1. The molecule has 0 heterocycles. The van der Waals surface area contributed by atoms with Crippen molar-refractivity contribution < 1.29 is 19.4 Å². The van der Waals surface area contributed by atoms with E-state index in [1.54, 1.807) is 30.3 Å². The van der Waals surface area contributed by atoms with E-state index in [9.17, 15) is 14.7 Å². The third kappa shape index (κ3) is 8.60. The molecule has 0 saturated heterocycles. The number of aliphatic hydroxyl groups is 1. The molecular formula is C28H37NO4. The van der Waals surface area contributed by atoms with Gasteiger partial charge in [-0.1, -0.05) is 37.6 Å². The highest BCUT2D eigenvalue weighted by molar-refractivity contribution is 5.96. The van der Waals surface area contributed by atoms with Gasteiger partial charge < -0.3 is 15.6 Å². The molecule has 0 aliphatic carbocycles. The molecule has 0 aliphatic rings. The second-order valence-electron chi connectivity index (χ2n) is 8.16. The van der Waals surface area contributed by atoms with Crippen molar-refractivity contribution in [1.82, 2.24) is 0 Å². The topological polar surface area (TPSA) is 89.6 Å². The molecule has 0 radical (unpaired) electrons. The Balaban J connectivity index is 1.90. The van der Waals surface area contributed by atoms with E-state index in [4.69, 9.17) is 10.5 Å². The van der Waals surface area contributed by atoms with Crippen LogP contribution in [0.2, 0.25) is 0 Å². The highest BCUT2D eigenvalue weighted by Crippen LogP contribution is 2.28. The molecule has 0 aliphatic heterocycles. The van der Waals surface area contributed by atoms with E-state index in [0.717, 1.165) is 28.9 Å². The second-order valence-corrected chi connectivity index (χ2v) is 8.16. The van der Waals surface area contributed by atoms with Crippen molar-refractivity contribution in [3.63, 3.8) is 0 Å². The minimum absolute atomic E-state index is 0.0117. The number of ether oxygens (including phenoxy) is 1. The fourth-order valence-electron chi connectivity index (χ4n) is 3.87. The smallest absolute Gasteiger partial charge is 0.162 e. The van der Waals surface area contributed by atoms with E-state index in [0.29, 0.717) is 57.2 Å². The lowest BCUT2D eigenvalue weighted by molar-refractivity contribution is -0.114. The van der Waals surface area contributed by atoms with Crippen LogP contribution in [-0.4, -0.2) is 29.8 Å². The van der Waals surface area contributed by atoms with Crippen LogP contribution in [0.3, 0.4) is 0 Å². The van der Waals surface area contributed by atoms with Crippen LogP contribution in [-0.2, 0) is 11.2 Å². The van der Waals surface area contributed by atoms with Crippen LogP contribution in [0.4, 0.5) is 0 Å². The number of benzene rings is 2. The van der Waals surface area contributed by atoms with Gasteiger partial charge in [-0.3, -0.25) is 9.59 Å². The first kappa shape index (κ1) is 26.5. The zero-order valence-corrected chi connectivity index (χ0v) is 19.9. The van der Waals surface area contributed by atoms with E-state index in [1.807, 2.05) is 38.1 Å². The van der Waals surface area contributed by atoms with Gasteiger partial charge in [0.15, 0.2) is 11.6 Å². The van der Waals surface area contributed by atoms with Crippen molar-refractivity contribution in [3.8, 4) is 5.75 Å². The lowest BCUT2D eigenvalue weighted by Crippen LogP contribution is -2.10. The van der Waals surface area contributed by atoms with Crippen molar-refractivity contribution in [2.24, 2.45) is 5.73 Å². The van der Waals surface area contributed by atoms with Crippen molar-refractivity contribution in [2.75, 3.05) is 13.2 Å². The Morgan fingerprint density at radius 1 is 1.00 bits per heavy atom. The van der Waals surface area contributed by atoms with Gasteiger partial charge in [-0.05, 0) is 86.2 Å². The summed E-state index contributed by atoms with van der Waals surface area (Å²) in [7, 11) is 0. The van der Waals surface area contributed by atoms with E-state index in [1.165, 1.54) is 0 Å². The molecule has 0 amide bonds. The second kappa shape index (κ2) is 14.4. The summed E-state index contributed by atoms with van der Waals surface area (Å²) in [5, 5.41) is 11.0. The summed E-state index contributed by atoms with van der Waals surface area (Å²) in [5.74, 6) is 0.809. The summed E-state index contributed by atoms with van der Waals surface area (Å²) in [6.07, 6.45) is 5.02. The van der Waals surface area contributed by atoms with Crippen LogP contribution in [0.25, 0.3) is 0 Å². The van der Waals surface area contributed by atoms with E-state index in [-0.39, 0.29) is 11.6 Å². The van der Waals surface area contributed by atoms with Gasteiger partial charge in [-0.25, -0.2) is 0 Å². The molecule has 0 bridgehead atoms. The Morgan fingerprint density at radius 3 is 2.36 bits per heavy atom. The quantitative estimate of drug-likeness (QED) is 0.216. The van der Waals surface area contributed by atoms with Gasteiger partial charge in [0.05, 0.1) is 6.61 Å². The summed E-state index contributed by atoms with van der Waals surface area (Å²) >= 11 is 0. The summed E-state index contributed by atoms with van der Waals surface area (Å²) in [5.41, 5.74) is 8.93. The van der Waals surface area contributed by atoms with Crippen LogP contribution < -0.4 is 10.5 Å². The van der Waals surface area contributed by atoms with Crippen LogP contribution in [0.1, 0.15) is 80.0 Å². The number of rotatable bonds is 15. The molecule has 1 atom stereocenters. The molecule has 2 aromatic rings. The maximum Gasteiger partial charge on any atom is 0.162 e. The van der Waals surface area contributed by atoms with E-state index >= 15 is 0 Å². The molecule has 0 fully saturated rings. The first-order valence-electron chi connectivity index (χ1n) is 11.9. The van der Waals surface area contributed by atoms with Gasteiger partial charge in [0.2, 0.25) is 0 Å². The van der Waals surface area contributed by atoms with Crippen LogP contribution in [0, 0.1) is 0 Å². The third-order valence-electron chi connectivity index (χ3n) is 5.56.